The van der Waals surface area contributed by atoms with Crippen LogP contribution in [0.25, 0.3) is 0 Å². The average molecular weight is 353 g/mol. The van der Waals surface area contributed by atoms with Gasteiger partial charge in [0.25, 0.3) is 0 Å². The molecular weight excluding hydrogens is 333 g/mol. The molecule has 0 saturated heterocycles. The minimum atomic E-state index is -0.724. The van der Waals surface area contributed by atoms with Gasteiger partial charge in [-0.15, -0.1) is 0 Å². The summed E-state index contributed by atoms with van der Waals surface area (Å²) >= 11 is 0. The molecule has 0 saturated carbocycles. The molecule has 0 fully saturated rings. The smallest absolute Gasteiger partial charge is 0.338 e. The van der Waals surface area contributed by atoms with Crippen molar-refractivity contribution in [2.75, 3.05) is 18.6 Å². The Morgan fingerprint density at radius 3 is 2.58 bits per heavy atom. The van der Waals surface area contributed by atoms with Gasteiger partial charge in [0.1, 0.15) is 5.82 Å². The molecule has 0 N–H and O–H groups in total. The summed E-state index contributed by atoms with van der Waals surface area (Å²) in [6.45, 7) is 3.71. The predicted octanol–water partition coefficient (Wildman–Crippen LogP) is 3.86. The van der Waals surface area contributed by atoms with Crippen molar-refractivity contribution in [1.29, 1.82) is 0 Å². The molecule has 2 aromatic rings. The highest BCUT2D eigenvalue weighted by molar-refractivity contribution is 5.96. The van der Waals surface area contributed by atoms with Crippen molar-refractivity contribution >= 4 is 17.4 Å². The van der Waals surface area contributed by atoms with E-state index in [0.29, 0.717) is 0 Å². The lowest BCUT2D eigenvalue weighted by atomic mass is 9.83. The summed E-state index contributed by atoms with van der Waals surface area (Å²) in [6.07, 6.45) is 1.51. The fourth-order valence-corrected chi connectivity index (χ4v) is 3.29. The fraction of sp³-hybridized carbons (Fsp3) is 0.238. The number of nitrogens with zero attached hydrogens (tertiary/aromatic N) is 1. The zero-order valence-electron chi connectivity index (χ0n) is 15.0. The van der Waals surface area contributed by atoms with E-state index in [-0.39, 0.29) is 23.4 Å². The van der Waals surface area contributed by atoms with Crippen molar-refractivity contribution in [1.82, 2.24) is 0 Å². The number of rotatable bonds is 4. The van der Waals surface area contributed by atoms with Crippen LogP contribution in [0.3, 0.4) is 0 Å². The molecular formula is C21H20FNO3. The van der Waals surface area contributed by atoms with Crippen LogP contribution in [0.5, 0.6) is 0 Å². The minimum Gasteiger partial charge on any atom is -0.454 e. The van der Waals surface area contributed by atoms with Gasteiger partial charge in [0, 0.05) is 29.9 Å². The Balaban J connectivity index is 1.72. The van der Waals surface area contributed by atoms with Crippen molar-refractivity contribution in [3.05, 3.63) is 77.2 Å². The Morgan fingerprint density at radius 1 is 1.15 bits per heavy atom. The maximum Gasteiger partial charge on any atom is 0.338 e. The summed E-state index contributed by atoms with van der Waals surface area (Å²) < 4.78 is 18.2. The molecule has 1 aliphatic rings. The van der Waals surface area contributed by atoms with E-state index in [0.717, 1.165) is 23.0 Å². The Morgan fingerprint density at radius 2 is 1.88 bits per heavy atom. The third-order valence-corrected chi connectivity index (χ3v) is 4.64. The van der Waals surface area contributed by atoms with E-state index in [2.05, 4.69) is 0 Å². The highest BCUT2D eigenvalue weighted by atomic mass is 19.1. The van der Waals surface area contributed by atoms with Gasteiger partial charge in [0.2, 0.25) is 0 Å². The molecule has 3 rings (SSSR count). The van der Waals surface area contributed by atoms with E-state index in [4.69, 9.17) is 4.74 Å². The Bertz CT molecular complexity index is 902. The first-order valence-electron chi connectivity index (χ1n) is 8.31. The highest BCUT2D eigenvalue weighted by Crippen LogP contribution is 2.46. The second kappa shape index (κ2) is 6.75. The van der Waals surface area contributed by atoms with E-state index in [1.165, 1.54) is 24.3 Å². The number of hydrogen-bond acceptors (Lipinski definition) is 4. The molecule has 0 unspecified atom stereocenters. The lowest BCUT2D eigenvalue weighted by Gasteiger charge is -2.23. The monoisotopic (exact) mass is 353 g/mol. The van der Waals surface area contributed by atoms with Crippen LogP contribution in [0.2, 0.25) is 0 Å². The first-order chi connectivity index (χ1) is 12.3. The maximum absolute atomic E-state index is 13.2. The van der Waals surface area contributed by atoms with Crippen LogP contribution >= 0.6 is 0 Å². The largest absolute Gasteiger partial charge is 0.454 e. The summed E-state index contributed by atoms with van der Waals surface area (Å²) in [5.41, 5.74) is 2.78. The van der Waals surface area contributed by atoms with E-state index >= 15 is 0 Å². The molecule has 0 amide bonds. The number of fused-ring (bicyclic) bond motifs is 1. The third kappa shape index (κ3) is 3.25. The molecule has 1 heterocycles. The fourth-order valence-electron chi connectivity index (χ4n) is 3.29. The average Bonchev–Trinajstić information content (AvgIpc) is 2.81. The number of ether oxygens (including phenoxy) is 1. The Labute approximate surface area is 151 Å². The quantitative estimate of drug-likeness (QED) is 0.618. The molecule has 5 heteroatoms. The van der Waals surface area contributed by atoms with Gasteiger partial charge in [-0.25, -0.2) is 9.18 Å². The molecule has 0 bridgehead atoms. The number of carbonyl (C=O) groups is 2. The first-order valence-corrected chi connectivity index (χ1v) is 8.31. The summed E-state index contributed by atoms with van der Waals surface area (Å²) in [7, 11) is 1.91. The van der Waals surface area contributed by atoms with Gasteiger partial charge >= 0.3 is 5.97 Å². The number of benzene rings is 2. The van der Waals surface area contributed by atoms with Gasteiger partial charge in [-0.3, -0.25) is 4.79 Å². The number of anilines is 1. The van der Waals surface area contributed by atoms with Crippen LogP contribution in [0.1, 0.15) is 29.8 Å². The molecule has 0 aromatic heterocycles. The number of likely N-dealkylation sites (N-methyl/N-ethyl adjacent to an activating group) is 1. The second-order valence-electron chi connectivity index (χ2n) is 6.78. The third-order valence-electron chi connectivity index (χ3n) is 4.64. The number of allylic oxidation sites excluding steroid dienone is 1. The van der Waals surface area contributed by atoms with Gasteiger partial charge in [0.05, 0.1) is 5.56 Å². The van der Waals surface area contributed by atoms with Crippen LogP contribution in [-0.2, 0) is 14.9 Å². The molecule has 26 heavy (non-hydrogen) atoms. The molecule has 2 aromatic carbocycles. The molecule has 0 radical (unpaired) electrons. The Kier molecular flexibility index (Phi) is 4.64. The number of para-hydroxylation sites is 1. The van der Waals surface area contributed by atoms with Crippen molar-refractivity contribution in [3.63, 3.8) is 0 Å². The number of halogens is 1. The molecule has 1 aliphatic heterocycles. The number of hydrogen-bond donors (Lipinski definition) is 0. The molecule has 134 valence electrons. The van der Waals surface area contributed by atoms with Crippen LogP contribution in [0.4, 0.5) is 10.1 Å². The second-order valence-corrected chi connectivity index (χ2v) is 6.78. The molecule has 4 nitrogen and oxygen atoms in total. The van der Waals surface area contributed by atoms with Gasteiger partial charge in [-0.1, -0.05) is 38.1 Å². The van der Waals surface area contributed by atoms with Crippen LogP contribution in [0, 0.1) is 5.82 Å². The van der Waals surface area contributed by atoms with E-state index in [1.54, 1.807) is 0 Å². The summed E-state index contributed by atoms with van der Waals surface area (Å²) in [5, 5.41) is 0. The van der Waals surface area contributed by atoms with Crippen molar-refractivity contribution < 1.29 is 18.7 Å². The highest BCUT2D eigenvalue weighted by Gasteiger charge is 2.38. The van der Waals surface area contributed by atoms with Crippen molar-refractivity contribution in [2.24, 2.45) is 0 Å². The first kappa shape index (κ1) is 17.9. The summed E-state index contributed by atoms with van der Waals surface area (Å²) in [5.74, 6) is -1.57. The molecule has 0 aliphatic carbocycles. The normalized spacial score (nSPS) is 16.5. The molecule has 0 atom stereocenters. The summed E-state index contributed by atoms with van der Waals surface area (Å²) in [6, 6.07) is 13.2. The van der Waals surface area contributed by atoms with Crippen LogP contribution in [-0.4, -0.2) is 25.4 Å². The van der Waals surface area contributed by atoms with Crippen LogP contribution < -0.4 is 4.90 Å². The lowest BCUT2D eigenvalue weighted by Crippen LogP contribution is -2.25. The minimum absolute atomic E-state index is 0.0798. The zero-order valence-corrected chi connectivity index (χ0v) is 15.0. The maximum atomic E-state index is 13.2. The Hall–Kier alpha value is -2.95. The lowest BCUT2D eigenvalue weighted by molar-refractivity contribution is -0.117. The summed E-state index contributed by atoms with van der Waals surface area (Å²) in [4.78, 5) is 26.2. The van der Waals surface area contributed by atoms with Gasteiger partial charge in [-0.05, 0) is 29.8 Å². The standard InChI is InChI=1S/C21H20FNO3/c1-21(2)17-9-4-5-10-18(17)23(3)19(21)12-16(24)13-26-20(25)14-7-6-8-15(22)11-14/h4-12H,13H2,1-3H3. The number of ketones is 1. The zero-order chi connectivity index (χ0) is 18.9. The predicted molar refractivity (Wildman–Crippen MR) is 97.6 cm³/mol. The van der Waals surface area contributed by atoms with Gasteiger partial charge in [0.15, 0.2) is 12.4 Å². The van der Waals surface area contributed by atoms with Gasteiger partial charge < -0.3 is 9.64 Å². The number of esters is 1. The topological polar surface area (TPSA) is 46.6 Å². The van der Waals surface area contributed by atoms with Crippen LogP contribution in [0.15, 0.2) is 60.3 Å². The van der Waals surface area contributed by atoms with E-state index in [1.807, 2.05) is 50.1 Å². The van der Waals surface area contributed by atoms with Crippen molar-refractivity contribution in [2.45, 2.75) is 19.3 Å². The van der Waals surface area contributed by atoms with E-state index < -0.39 is 11.8 Å². The van der Waals surface area contributed by atoms with Gasteiger partial charge in [-0.2, -0.15) is 0 Å². The van der Waals surface area contributed by atoms with Crippen molar-refractivity contribution in [3.8, 4) is 0 Å². The van der Waals surface area contributed by atoms with E-state index in [9.17, 15) is 14.0 Å². The number of carbonyl (C=O) groups excluding carboxylic acids is 2. The molecule has 0 spiro atoms. The SMILES string of the molecule is CN1C(=CC(=O)COC(=O)c2cccc(F)c2)C(C)(C)c2ccccc21.